The average molecular weight is 384 g/mol. The van der Waals surface area contributed by atoms with Crippen LogP contribution in [0, 0.1) is 0 Å². The van der Waals surface area contributed by atoms with Crippen molar-refractivity contribution in [2.45, 2.75) is 25.9 Å². The molecule has 150 valence electrons. The third-order valence-corrected chi connectivity index (χ3v) is 4.80. The van der Waals surface area contributed by atoms with Crippen LogP contribution in [0.4, 0.5) is 11.4 Å². The standard InChI is InChI=1S/C22H28N2O4/c1-3-27-20-8-10-21(11-9-20)28-16-22(25)23-17-4-6-18(7-5-17)24-14-12-19(26-2)13-15-24/h4-11,19H,3,12-16H2,1-2H3,(H,23,25). The quantitative estimate of drug-likeness (QED) is 0.752. The van der Waals surface area contributed by atoms with E-state index in [1.54, 1.807) is 19.2 Å². The third-order valence-electron chi connectivity index (χ3n) is 4.80. The summed E-state index contributed by atoms with van der Waals surface area (Å²) in [6.07, 6.45) is 2.45. The van der Waals surface area contributed by atoms with Crippen LogP contribution in [-0.2, 0) is 9.53 Å². The number of carbonyl (C=O) groups is 1. The zero-order chi connectivity index (χ0) is 19.8. The van der Waals surface area contributed by atoms with Crippen molar-refractivity contribution in [3.63, 3.8) is 0 Å². The second-order valence-corrected chi connectivity index (χ2v) is 6.71. The molecule has 0 unspecified atom stereocenters. The molecule has 1 aliphatic rings. The number of methoxy groups -OCH3 is 1. The number of hydrogen-bond donors (Lipinski definition) is 1. The van der Waals surface area contributed by atoms with Gasteiger partial charge in [0.05, 0.1) is 12.7 Å². The molecule has 0 aliphatic carbocycles. The molecule has 2 aromatic carbocycles. The number of piperidine rings is 1. The lowest BCUT2D eigenvalue weighted by Gasteiger charge is -2.33. The minimum absolute atomic E-state index is 0.0414. The van der Waals surface area contributed by atoms with Gasteiger partial charge < -0.3 is 24.4 Å². The molecule has 1 heterocycles. The van der Waals surface area contributed by atoms with Gasteiger partial charge in [-0.25, -0.2) is 0 Å². The van der Waals surface area contributed by atoms with E-state index in [1.807, 2.05) is 43.3 Å². The Kier molecular flexibility index (Phi) is 7.14. The SMILES string of the molecule is CCOc1ccc(OCC(=O)Nc2ccc(N3CCC(OC)CC3)cc2)cc1. The Labute approximate surface area is 166 Å². The highest BCUT2D eigenvalue weighted by Gasteiger charge is 2.18. The number of anilines is 2. The van der Waals surface area contributed by atoms with E-state index in [2.05, 4.69) is 10.2 Å². The molecule has 1 fully saturated rings. The van der Waals surface area contributed by atoms with E-state index in [0.29, 0.717) is 18.5 Å². The number of rotatable bonds is 8. The highest BCUT2D eigenvalue weighted by atomic mass is 16.5. The normalized spacial score (nSPS) is 14.6. The first-order valence-electron chi connectivity index (χ1n) is 9.71. The molecule has 1 N–H and O–H groups in total. The number of nitrogens with one attached hydrogen (secondary N) is 1. The van der Waals surface area contributed by atoms with E-state index in [0.717, 1.165) is 43.1 Å². The molecule has 0 spiro atoms. The fourth-order valence-electron chi connectivity index (χ4n) is 3.25. The molecule has 1 aliphatic heterocycles. The summed E-state index contributed by atoms with van der Waals surface area (Å²) in [5.41, 5.74) is 1.93. The first-order valence-corrected chi connectivity index (χ1v) is 9.71. The molecule has 1 saturated heterocycles. The maximum atomic E-state index is 12.1. The summed E-state index contributed by atoms with van der Waals surface area (Å²) in [5.74, 6) is 1.22. The Morgan fingerprint density at radius 1 is 1.00 bits per heavy atom. The lowest BCUT2D eigenvalue weighted by atomic mass is 10.1. The van der Waals surface area contributed by atoms with E-state index in [4.69, 9.17) is 14.2 Å². The number of hydrogen-bond acceptors (Lipinski definition) is 5. The molecular formula is C22H28N2O4. The summed E-state index contributed by atoms with van der Waals surface area (Å²) < 4.78 is 16.3. The van der Waals surface area contributed by atoms with Crippen molar-refractivity contribution in [1.82, 2.24) is 0 Å². The van der Waals surface area contributed by atoms with Crippen molar-refractivity contribution < 1.29 is 19.0 Å². The smallest absolute Gasteiger partial charge is 0.262 e. The lowest BCUT2D eigenvalue weighted by molar-refractivity contribution is -0.118. The molecule has 0 atom stereocenters. The fraction of sp³-hybridized carbons (Fsp3) is 0.409. The van der Waals surface area contributed by atoms with Crippen LogP contribution in [0.15, 0.2) is 48.5 Å². The zero-order valence-electron chi connectivity index (χ0n) is 16.5. The van der Waals surface area contributed by atoms with Crippen molar-refractivity contribution in [3.8, 4) is 11.5 Å². The van der Waals surface area contributed by atoms with Crippen LogP contribution in [0.1, 0.15) is 19.8 Å². The summed E-state index contributed by atoms with van der Waals surface area (Å²) in [5, 5.41) is 2.86. The van der Waals surface area contributed by atoms with Gasteiger partial charge in [-0.15, -0.1) is 0 Å². The van der Waals surface area contributed by atoms with Gasteiger partial charge in [-0.3, -0.25) is 4.79 Å². The zero-order valence-corrected chi connectivity index (χ0v) is 16.5. The molecule has 3 rings (SSSR count). The van der Waals surface area contributed by atoms with Gasteiger partial charge >= 0.3 is 0 Å². The molecule has 6 heteroatoms. The van der Waals surface area contributed by atoms with Gasteiger partial charge in [0.2, 0.25) is 0 Å². The van der Waals surface area contributed by atoms with Crippen molar-refractivity contribution >= 4 is 17.3 Å². The molecule has 2 aromatic rings. The summed E-state index contributed by atoms with van der Waals surface area (Å²) in [6.45, 7) is 4.48. The second kappa shape index (κ2) is 9.99. The van der Waals surface area contributed by atoms with Crippen molar-refractivity contribution in [1.29, 1.82) is 0 Å². The van der Waals surface area contributed by atoms with Gasteiger partial charge in [0.15, 0.2) is 6.61 Å². The summed E-state index contributed by atoms with van der Waals surface area (Å²) in [4.78, 5) is 14.5. The minimum atomic E-state index is -0.192. The highest BCUT2D eigenvalue weighted by molar-refractivity contribution is 5.92. The van der Waals surface area contributed by atoms with Gasteiger partial charge in [-0.05, 0) is 68.3 Å². The molecule has 0 bridgehead atoms. The number of ether oxygens (including phenoxy) is 3. The first kappa shape index (κ1) is 20.0. The number of carbonyl (C=O) groups excluding carboxylic acids is 1. The number of amides is 1. The van der Waals surface area contributed by atoms with Gasteiger partial charge in [0, 0.05) is 31.6 Å². The Bertz CT molecular complexity index is 738. The Morgan fingerprint density at radius 2 is 1.61 bits per heavy atom. The Balaban J connectivity index is 1.45. The Morgan fingerprint density at radius 3 is 2.18 bits per heavy atom. The van der Waals surface area contributed by atoms with Crippen LogP contribution in [0.3, 0.4) is 0 Å². The van der Waals surface area contributed by atoms with E-state index >= 15 is 0 Å². The van der Waals surface area contributed by atoms with E-state index in [1.165, 1.54) is 0 Å². The van der Waals surface area contributed by atoms with Crippen LogP contribution in [-0.4, -0.2) is 45.4 Å². The van der Waals surface area contributed by atoms with Gasteiger partial charge in [0.25, 0.3) is 5.91 Å². The monoisotopic (exact) mass is 384 g/mol. The highest BCUT2D eigenvalue weighted by Crippen LogP contribution is 2.23. The largest absolute Gasteiger partial charge is 0.494 e. The minimum Gasteiger partial charge on any atom is -0.494 e. The van der Waals surface area contributed by atoms with Gasteiger partial charge in [-0.2, -0.15) is 0 Å². The van der Waals surface area contributed by atoms with E-state index in [9.17, 15) is 4.79 Å². The van der Waals surface area contributed by atoms with E-state index < -0.39 is 0 Å². The molecule has 6 nitrogen and oxygen atoms in total. The molecule has 0 aromatic heterocycles. The Hall–Kier alpha value is -2.73. The molecule has 28 heavy (non-hydrogen) atoms. The van der Waals surface area contributed by atoms with Crippen molar-refractivity contribution in [2.75, 3.05) is 43.6 Å². The number of nitrogens with zero attached hydrogens (tertiary/aromatic N) is 1. The second-order valence-electron chi connectivity index (χ2n) is 6.71. The van der Waals surface area contributed by atoms with Crippen LogP contribution < -0.4 is 19.7 Å². The van der Waals surface area contributed by atoms with Crippen LogP contribution in [0.5, 0.6) is 11.5 Å². The maximum Gasteiger partial charge on any atom is 0.262 e. The fourth-order valence-corrected chi connectivity index (χ4v) is 3.25. The molecular weight excluding hydrogens is 356 g/mol. The average Bonchev–Trinajstić information content (AvgIpc) is 2.74. The van der Waals surface area contributed by atoms with Crippen LogP contribution >= 0.6 is 0 Å². The predicted octanol–water partition coefficient (Wildman–Crippen LogP) is 3.72. The van der Waals surface area contributed by atoms with Gasteiger partial charge in [-0.1, -0.05) is 0 Å². The van der Waals surface area contributed by atoms with Crippen molar-refractivity contribution in [2.24, 2.45) is 0 Å². The summed E-state index contributed by atoms with van der Waals surface area (Å²) in [7, 11) is 1.78. The lowest BCUT2D eigenvalue weighted by Crippen LogP contribution is -2.36. The van der Waals surface area contributed by atoms with Crippen molar-refractivity contribution in [3.05, 3.63) is 48.5 Å². The summed E-state index contributed by atoms with van der Waals surface area (Å²) >= 11 is 0. The topological polar surface area (TPSA) is 60.0 Å². The number of benzene rings is 2. The molecule has 1 amide bonds. The first-order chi connectivity index (χ1) is 13.7. The van der Waals surface area contributed by atoms with Gasteiger partial charge in [0.1, 0.15) is 11.5 Å². The van der Waals surface area contributed by atoms with E-state index in [-0.39, 0.29) is 12.5 Å². The van der Waals surface area contributed by atoms with Crippen LogP contribution in [0.2, 0.25) is 0 Å². The molecule has 0 saturated carbocycles. The predicted molar refractivity (Wildman–Crippen MR) is 110 cm³/mol. The third kappa shape index (κ3) is 5.63. The molecule has 0 radical (unpaired) electrons. The summed E-state index contributed by atoms with van der Waals surface area (Å²) in [6, 6.07) is 15.2. The van der Waals surface area contributed by atoms with Crippen LogP contribution in [0.25, 0.3) is 0 Å². The maximum absolute atomic E-state index is 12.1.